The van der Waals surface area contributed by atoms with E-state index in [4.69, 9.17) is 11.6 Å². The second-order valence-corrected chi connectivity index (χ2v) is 5.09. The number of aryl methyl sites for hydroxylation is 1. The molecular weight excluding hydrogens is 256 g/mol. The summed E-state index contributed by atoms with van der Waals surface area (Å²) in [7, 11) is 0. The molecule has 2 N–H and O–H groups in total. The number of nitrogens with one attached hydrogen (secondary N) is 2. The molecule has 1 heterocycles. The van der Waals surface area contributed by atoms with Gasteiger partial charge in [0, 0.05) is 18.3 Å². The fraction of sp³-hybridized carbons (Fsp3) is 0.125. The molecule has 0 fully saturated rings. The molecule has 1 aromatic heterocycles. The topological polar surface area (TPSA) is 27.8 Å². The van der Waals surface area contributed by atoms with E-state index in [2.05, 4.69) is 47.6 Å². The lowest BCUT2D eigenvalue weighted by Gasteiger charge is -2.11. The van der Waals surface area contributed by atoms with Crippen molar-refractivity contribution in [2.75, 3.05) is 5.32 Å². The lowest BCUT2D eigenvalue weighted by molar-refractivity contribution is 1.14. The minimum absolute atomic E-state index is 0.763. The Hall–Kier alpha value is -1.93. The molecule has 0 saturated heterocycles. The van der Waals surface area contributed by atoms with Crippen LogP contribution in [0.15, 0.2) is 48.7 Å². The van der Waals surface area contributed by atoms with Crippen LogP contribution >= 0.6 is 11.6 Å². The first-order valence-corrected chi connectivity index (χ1v) is 6.67. The number of hydrogen-bond donors (Lipinski definition) is 2. The first kappa shape index (κ1) is 12.1. The van der Waals surface area contributed by atoms with E-state index in [1.54, 1.807) is 0 Å². The van der Waals surface area contributed by atoms with Gasteiger partial charge in [0.1, 0.15) is 0 Å². The number of H-pyrrole nitrogens is 1. The van der Waals surface area contributed by atoms with Gasteiger partial charge >= 0.3 is 0 Å². The molecule has 3 heteroatoms. The van der Waals surface area contributed by atoms with E-state index in [0.717, 1.165) is 28.3 Å². The minimum Gasteiger partial charge on any atom is -0.380 e. The fourth-order valence-corrected chi connectivity index (χ4v) is 2.54. The molecule has 0 unspecified atom stereocenters. The van der Waals surface area contributed by atoms with Gasteiger partial charge in [0.15, 0.2) is 0 Å². The van der Waals surface area contributed by atoms with Crippen LogP contribution in [0.25, 0.3) is 10.9 Å². The maximum absolute atomic E-state index is 6.20. The van der Waals surface area contributed by atoms with E-state index < -0.39 is 0 Å². The van der Waals surface area contributed by atoms with E-state index in [0.29, 0.717) is 0 Å². The van der Waals surface area contributed by atoms with Gasteiger partial charge < -0.3 is 10.3 Å². The standard InChI is InChI=1S/C16H15ClN2/c1-11-3-2-4-14(17)16(11)19-10-12-5-6-13-7-8-18-15(13)9-12/h2-9,18-19H,10H2,1H3. The molecule has 96 valence electrons. The molecule has 0 amide bonds. The molecule has 0 bridgehead atoms. The zero-order valence-corrected chi connectivity index (χ0v) is 11.5. The average Bonchev–Trinajstić information content (AvgIpc) is 2.85. The van der Waals surface area contributed by atoms with Gasteiger partial charge in [0.25, 0.3) is 0 Å². The third-order valence-corrected chi connectivity index (χ3v) is 3.63. The maximum Gasteiger partial charge on any atom is 0.0640 e. The van der Waals surface area contributed by atoms with Crippen molar-refractivity contribution in [1.29, 1.82) is 0 Å². The highest BCUT2D eigenvalue weighted by Gasteiger charge is 2.03. The summed E-state index contributed by atoms with van der Waals surface area (Å²) in [4.78, 5) is 3.23. The molecule has 0 spiro atoms. The van der Waals surface area contributed by atoms with E-state index >= 15 is 0 Å². The van der Waals surface area contributed by atoms with E-state index in [1.807, 2.05) is 18.3 Å². The fourth-order valence-electron chi connectivity index (χ4n) is 2.25. The van der Waals surface area contributed by atoms with Crippen LogP contribution in [0.4, 0.5) is 5.69 Å². The van der Waals surface area contributed by atoms with Crippen LogP contribution in [0.2, 0.25) is 5.02 Å². The molecule has 0 atom stereocenters. The summed E-state index contributed by atoms with van der Waals surface area (Å²) in [6, 6.07) is 14.4. The first-order chi connectivity index (χ1) is 9.24. The summed E-state index contributed by atoms with van der Waals surface area (Å²) in [6.07, 6.45) is 1.96. The lowest BCUT2D eigenvalue weighted by Crippen LogP contribution is -2.01. The number of anilines is 1. The van der Waals surface area contributed by atoms with Gasteiger partial charge in [-0.1, -0.05) is 35.9 Å². The van der Waals surface area contributed by atoms with Crippen molar-refractivity contribution in [2.24, 2.45) is 0 Å². The molecule has 3 aromatic rings. The highest BCUT2D eigenvalue weighted by molar-refractivity contribution is 6.33. The summed E-state index contributed by atoms with van der Waals surface area (Å²) in [5.41, 5.74) is 4.56. The minimum atomic E-state index is 0.763. The van der Waals surface area contributed by atoms with Crippen molar-refractivity contribution in [2.45, 2.75) is 13.5 Å². The SMILES string of the molecule is Cc1cccc(Cl)c1NCc1ccc2cc[nH]c2c1. The van der Waals surface area contributed by atoms with Crippen LogP contribution in [-0.4, -0.2) is 4.98 Å². The predicted octanol–water partition coefficient (Wildman–Crippen LogP) is 4.74. The number of hydrogen-bond acceptors (Lipinski definition) is 1. The summed E-state index contributed by atoms with van der Waals surface area (Å²) >= 11 is 6.20. The van der Waals surface area contributed by atoms with Crippen molar-refractivity contribution >= 4 is 28.2 Å². The number of aromatic amines is 1. The van der Waals surface area contributed by atoms with E-state index in [1.165, 1.54) is 10.9 Å². The number of halogens is 1. The van der Waals surface area contributed by atoms with Gasteiger partial charge in [-0.3, -0.25) is 0 Å². The Kier molecular flexibility index (Phi) is 3.18. The third kappa shape index (κ3) is 2.45. The molecule has 0 aliphatic heterocycles. The monoisotopic (exact) mass is 270 g/mol. The average molecular weight is 271 g/mol. The molecule has 0 aliphatic carbocycles. The number of fused-ring (bicyclic) bond motifs is 1. The number of aromatic nitrogens is 1. The van der Waals surface area contributed by atoms with Gasteiger partial charge in [0.2, 0.25) is 0 Å². The van der Waals surface area contributed by atoms with Gasteiger partial charge in [-0.25, -0.2) is 0 Å². The normalized spacial score (nSPS) is 10.8. The van der Waals surface area contributed by atoms with Crippen molar-refractivity contribution in [3.8, 4) is 0 Å². The zero-order valence-electron chi connectivity index (χ0n) is 10.7. The Morgan fingerprint density at radius 3 is 2.89 bits per heavy atom. The Bertz CT molecular complexity index is 695. The second kappa shape index (κ2) is 4.98. The predicted molar refractivity (Wildman–Crippen MR) is 81.8 cm³/mol. The van der Waals surface area contributed by atoms with Crippen molar-refractivity contribution in [3.05, 3.63) is 64.8 Å². The first-order valence-electron chi connectivity index (χ1n) is 6.29. The Labute approximate surface area is 117 Å². The number of benzene rings is 2. The Balaban J connectivity index is 1.82. The van der Waals surface area contributed by atoms with Crippen LogP contribution in [0.1, 0.15) is 11.1 Å². The molecule has 2 aromatic carbocycles. The second-order valence-electron chi connectivity index (χ2n) is 4.68. The largest absolute Gasteiger partial charge is 0.380 e. The van der Waals surface area contributed by atoms with Gasteiger partial charge in [-0.05, 0) is 41.6 Å². The lowest BCUT2D eigenvalue weighted by atomic mass is 10.1. The summed E-state index contributed by atoms with van der Waals surface area (Å²) in [6.45, 7) is 2.82. The van der Waals surface area contributed by atoms with Gasteiger partial charge in [-0.15, -0.1) is 0 Å². The summed E-state index contributed by atoms with van der Waals surface area (Å²) < 4.78 is 0. The van der Waals surface area contributed by atoms with Crippen LogP contribution in [0.5, 0.6) is 0 Å². The molecule has 3 rings (SSSR count). The van der Waals surface area contributed by atoms with Gasteiger partial charge in [0.05, 0.1) is 10.7 Å². The van der Waals surface area contributed by atoms with Crippen LogP contribution in [-0.2, 0) is 6.54 Å². The van der Waals surface area contributed by atoms with Crippen molar-refractivity contribution in [3.63, 3.8) is 0 Å². The molecular formula is C16H15ClN2. The molecule has 0 radical (unpaired) electrons. The summed E-state index contributed by atoms with van der Waals surface area (Å²) in [5, 5.41) is 5.41. The van der Waals surface area contributed by atoms with Crippen LogP contribution < -0.4 is 5.32 Å². The van der Waals surface area contributed by atoms with Crippen molar-refractivity contribution < 1.29 is 0 Å². The molecule has 2 nitrogen and oxygen atoms in total. The zero-order chi connectivity index (χ0) is 13.2. The smallest absolute Gasteiger partial charge is 0.0640 e. The molecule has 0 aliphatic rings. The highest BCUT2D eigenvalue weighted by Crippen LogP contribution is 2.26. The molecule has 0 saturated carbocycles. The number of para-hydroxylation sites is 1. The number of rotatable bonds is 3. The Morgan fingerprint density at radius 2 is 2.05 bits per heavy atom. The summed E-state index contributed by atoms with van der Waals surface area (Å²) in [5.74, 6) is 0. The van der Waals surface area contributed by atoms with Gasteiger partial charge in [-0.2, -0.15) is 0 Å². The third-order valence-electron chi connectivity index (χ3n) is 3.31. The van der Waals surface area contributed by atoms with E-state index in [-0.39, 0.29) is 0 Å². The van der Waals surface area contributed by atoms with Crippen molar-refractivity contribution in [1.82, 2.24) is 4.98 Å². The molecule has 19 heavy (non-hydrogen) atoms. The maximum atomic E-state index is 6.20. The van der Waals surface area contributed by atoms with Crippen LogP contribution in [0.3, 0.4) is 0 Å². The Morgan fingerprint density at radius 1 is 1.16 bits per heavy atom. The quantitative estimate of drug-likeness (QED) is 0.707. The highest BCUT2D eigenvalue weighted by atomic mass is 35.5. The van der Waals surface area contributed by atoms with E-state index in [9.17, 15) is 0 Å². The van der Waals surface area contributed by atoms with Crippen LogP contribution in [0, 0.1) is 6.92 Å².